The van der Waals surface area contributed by atoms with Gasteiger partial charge in [0, 0.05) is 28.1 Å². The second kappa shape index (κ2) is 5.31. The Morgan fingerprint density at radius 1 is 1.59 bits per heavy atom. The molecule has 1 aromatic rings. The number of carbonyl (C=O) groups is 1. The van der Waals surface area contributed by atoms with Gasteiger partial charge in [-0.3, -0.25) is 4.79 Å². The van der Waals surface area contributed by atoms with Gasteiger partial charge in [-0.25, -0.2) is 0 Å². The Kier molecular flexibility index (Phi) is 3.99. The smallest absolute Gasteiger partial charge is 0.232 e. The van der Waals surface area contributed by atoms with Crippen molar-refractivity contribution in [3.05, 3.63) is 22.7 Å². The molecule has 0 radical (unpaired) electrons. The topological polar surface area (TPSA) is 46.3 Å². The number of rotatable bonds is 4. The van der Waals surface area contributed by atoms with Crippen molar-refractivity contribution in [2.75, 3.05) is 18.5 Å². The van der Waals surface area contributed by atoms with E-state index in [2.05, 4.69) is 15.9 Å². The summed E-state index contributed by atoms with van der Waals surface area (Å²) in [6.45, 7) is 0. The lowest BCUT2D eigenvalue weighted by Gasteiger charge is -2.16. The SMILES string of the molecule is CN(C(=O)CSc1cc(Br)ccc1N)C1CC1. The maximum Gasteiger partial charge on any atom is 0.232 e. The van der Waals surface area contributed by atoms with Crippen LogP contribution in [0.3, 0.4) is 0 Å². The highest BCUT2D eigenvalue weighted by molar-refractivity contribution is 9.10. The molecule has 0 unspecified atom stereocenters. The van der Waals surface area contributed by atoms with Gasteiger partial charge in [0.15, 0.2) is 0 Å². The number of thioether (sulfide) groups is 1. The fraction of sp³-hybridized carbons (Fsp3) is 0.417. The molecule has 1 aromatic carbocycles. The molecule has 1 aliphatic rings. The molecule has 2 N–H and O–H groups in total. The van der Waals surface area contributed by atoms with Crippen LogP contribution in [0.25, 0.3) is 0 Å². The van der Waals surface area contributed by atoms with Crippen molar-refractivity contribution in [2.24, 2.45) is 0 Å². The Labute approximate surface area is 114 Å². The number of amides is 1. The van der Waals surface area contributed by atoms with E-state index in [0.717, 1.165) is 27.9 Å². The lowest BCUT2D eigenvalue weighted by molar-refractivity contribution is -0.127. The van der Waals surface area contributed by atoms with E-state index in [9.17, 15) is 4.79 Å². The molecule has 0 aromatic heterocycles. The number of nitrogen functional groups attached to an aromatic ring is 1. The molecule has 0 bridgehead atoms. The molecule has 3 nitrogen and oxygen atoms in total. The van der Waals surface area contributed by atoms with Crippen LogP contribution in [-0.2, 0) is 4.79 Å². The summed E-state index contributed by atoms with van der Waals surface area (Å²) in [5, 5.41) is 0. The minimum atomic E-state index is 0.178. The van der Waals surface area contributed by atoms with Crippen LogP contribution in [0.1, 0.15) is 12.8 Å². The maximum absolute atomic E-state index is 11.8. The lowest BCUT2D eigenvalue weighted by Crippen LogP contribution is -2.30. The first-order valence-electron chi connectivity index (χ1n) is 5.51. The Balaban J connectivity index is 1.92. The lowest BCUT2D eigenvalue weighted by atomic mass is 10.3. The largest absolute Gasteiger partial charge is 0.398 e. The third kappa shape index (κ3) is 3.39. The summed E-state index contributed by atoms with van der Waals surface area (Å²) < 4.78 is 0.984. The Morgan fingerprint density at radius 3 is 2.94 bits per heavy atom. The molecule has 92 valence electrons. The average Bonchev–Trinajstić information content (AvgIpc) is 3.13. The number of carbonyl (C=O) groups excluding carboxylic acids is 1. The van der Waals surface area contributed by atoms with Crippen LogP contribution in [0.2, 0.25) is 0 Å². The molecule has 0 heterocycles. The Bertz CT molecular complexity index is 435. The zero-order valence-corrected chi connectivity index (χ0v) is 12.1. The first kappa shape index (κ1) is 12.8. The van der Waals surface area contributed by atoms with Crippen molar-refractivity contribution in [1.82, 2.24) is 4.90 Å². The Hall–Kier alpha value is -0.680. The fourth-order valence-corrected chi connectivity index (χ4v) is 2.98. The van der Waals surface area contributed by atoms with Crippen molar-refractivity contribution < 1.29 is 4.79 Å². The summed E-state index contributed by atoms with van der Waals surface area (Å²) in [5.74, 6) is 0.630. The first-order chi connectivity index (χ1) is 8.08. The van der Waals surface area contributed by atoms with Crippen LogP contribution < -0.4 is 5.73 Å². The summed E-state index contributed by atoms with van der Waals surface area (Å²) >= 11 is 4.90. The third-order valence-electron chi connectivity index (χ3n) is 2.81. The number of benzene rings is 1. The van der Waals surface area contributed by atoms with E-state index in [0.29, 0.717) is 11.8 Å². The minimum absolute atomic E-state index is 0.178. The van der Waals surface area contributed by atoms with Crippen molar-refractivity contribution in [3.63, 3.8) is 0 Å². The minimum Gasteiger partial charge on any atom is -0.398 e. The number of hydrogen-bond acceptors (Lipinski definition) is 3. The van der Waals surface area contributed by atoms with Gasteiger partial charge in [0.2, 0.25) is 5.91 Å². The zero-order chi connectivity index (χ0) is 12.4. The predicted octanol–water partition coefficient (Wildman–Crippen LogP) is 2.74. The van der Waals surface area contributed by atoms with E-state index in [4.69, 9.17) is 5.73 Å². The Morgan fingerprint density at radius 2 is 2.29 bits per heavy atom. The molecule has 2 rings (SSSR count). The molecule has 1 aliphatic carbocycles. The van der Waals surface area contributed by atoms with Crippen molar-refractivity contribution in [2.45, 2.75) is 23.8 Å². The van der Waals surface area contributed by atoms with E-state index in [1.54, 1.807) is 0 Å². The van der Waals surface area contributed by atoms with Crippen LogP contribution in [0.15, 0.2) is 27.6 Å². The average molecular weight is 315 g/mol. The van der Waals surface area contributed by atoms with Crippen LogP contribution in [-0.4, -0.2) is 29.6 Å². The molecule has 5 heteroatoms. The van der Waals surface area contributed by atoms with E-state index < -0.39 is 0 Å². The second-order valence-electron chi connectivity index (χ2n) is 4.21. The van der Waals surface area contributed by atoms with Crippen molar-refractivity contribution in [1.29, 1.82) is 0 Å². The molecule has 0 spiro atoms. The summed E-state index contributed by atoms with van der Waals surface area (Å²) in [5.41, 5.74) is 6.58. The molecule has 1 amide bonds. The van der Waals surface area contributed by atoms with Crippen LogP contribution in [0.4, 0.5) is 5.69 Å². The van der Waals surface area contributed by atoms with Gasteiger partial charge >= 0.3 is 0 Å². The standard InChI is InChI=1S/C12H15BrN2OS/c1-15(9-3-4-9)12(16)7-17-11-6-8(13)2-5-10(11)14/h2,5-6,9H,3-4,7,14H2,1H3. The number of nitrogens with zero attached hydrogens (tertiary/aromatic N) is 1. The fourth-order valence-electron chi connectivity index (χ4n) is 1.54. The molecule has 1 saturated carbocycles. The van der Waals surface area contributed by atoms with Crippen molar-refractivity contribution in [3.8, 4) is 0 Å². The van der Waals surface area contributed by atoms with Crippen LogP contribution in [0.5, 0.6) is 0 Å². The van der Waals surface area contributed by atoms with Gasteiger partial charge in [0.25, 0.3) is 0 Å². The number of hydrogen-bond donors (Lipinski definition) is 1. The number of halogens is 1. The molecular formula is C12H15BrN2OS. The van der Waals surface area contributed by atoms with Gasteiger partial charge < -0.3 is 10.6 Å². The number of nitrogens with two attached hydrogens (primary N) is 1. The van der Waals surface area contributed by atoms with Gasteiger partial charge in [-0.05, 0) is 31.0 Å². The number of anilines is 1. The summed E-state index contributed by atoms with van der Waals surface area (Å²) in [6, 6.07) is 6.17. The summed E-state index contributed by atoms with van der Waals surface area (Å²) in [7, 11) is 1.88. The van der Waals surface area contributed by atoms with Gasteiger partial charge in [0.1, 0.15) is 0 Å². The van der Waals surface area contributed by atoms with E-state index in [1.165, 1.54) is 11.8 Å². The third-order valence-corrected chi connectivity index (χ3v) is 4.36. The molecule has 0 saturated heterocycles. The van der Waals surface area contributed by atoms with E-state index in [-0.39, 0.29) is 5.91 Å². The van der Waals surface area contributed by atoms with Crippen LogP contribution in [0, 0.1) is 0 Å². The molecule has 0 aliphatic heterocycles. The molecule has 0 atom stereocenters. The highest BCUT2D eigenvalue weighted by atomic mass is 79.9. The quantitative estimate of drug-likeness (QED) is 0.686. The highest BCUT2D eigenvalue weighted by Gasteiger charge is 2.29. The van der Waals surface area contributed by atoms with Gasteiger partial charge in [-0.15, -0.1) is 11.8 Å². The first-order valence-corrected chi connectivity index (χ1v) is 7.29. The second-order valence-corrected chi connectivity index (χ2v) is 6.14. The maximum atomic E-state index is 11.8. The summed E-state index contributed by atoms with van der Waals surface area (Å²) in [6.07, 6.45) is 2.29. The highest BCUT2D eigenvalue weighted by Crippen LogP contribution is 2.30. The monoisotopic (exact) mass is 314 g/mol. The van der Waals surface area contributed by atoms with Gasteiger partial charge in [0.05, 0.1) is 5.75 Å². The van der Waals surface area contributed by atoms with E-state index >= 15 is 0 Å². The molecule has 17 heavy (non-hydrogen) atoms. The van der Waals surface area contributed by atoms with Crippen molar-refractivity contribution >= 4 is 39.3 Å². The van der Waals surface area contributed by atoms with E-state index in [1.807, 2.05) is 30.1 Å². The molecule has 1 fully saturated rings. The van der Waals surface area contributed by atoms with Crippen LogP contribution >= 0.6 is 27.7 Å². The van der Waals surface area contributed by atoms with Gasteiger partial charge in [-0.1, -0.05) is 15.9 Å². The summed E-state index contributed by atoms with van der Waals surface area (Å²) in [4.78, 5) is 14.7. The normalized spacial score (nSPS) is 14.7. The van der Waals surface area contributed by atoms with Gasteiger partial charge in [-0.2, -0.15) is 0 Å². The zero-order valence-electron chi connectivity index (χ0n) is 9.65. The predicted molar refractivity (Wildman–Crippen MR) is 75.1 cm³/mol. The molecular weight excluding hydrogens is 300 g/mol.